The molecule has 1 aromatic rings. The molecule has 1 N–H and O–H groups in total. The summed E-state index contributed by atoms with van der Waals surface area (Å²) in [6, 6.07) is 3.26. The molecule has 1 rings (SSSR count). The summed E-state index contributed by atoms with van der Waals surface area (Å²) in [4.78, 5) is 13.7. The van der Waals surface area contributed by atoms with Crippen LogP contribution in [0.5, 0.6) is 11.5 Å². The Morgan fingerprint density at radius 1 is 1.37 bits per heavy atom. The molecule has 19 heavy (non-hydrogen) atoms. The number of likely N-dealkylation sites (N-methyl/N-ethyl adjacent to an activating group) is 1. The summed E-state index contributed by atoms with van der Waals surface area (Å²) < 4.78 is 11.0. The van der Waals surface area contributed by atoms with E-state index >= 15 is 0 Å². The van der Waals surface area contributed by atoms with Crippen LogP contribution in [0.15, 0.2) is 16.6 Å². The summed E-state index contributed by atoms with van der Waals surface area (Å²) in [5.41, 5.74) is 0.444. The molecule has 1 atom stereocenters. The van der Waals surface area contributed by atoms with E-state index in [2.05, 4.69) is 15.9 Å². The molecule has 1 unspecified atom stereocenters. The Hall–Kier alpha value is -1.27. The first kappa shape index (κ1) is 15.8. The van der Waals surface area contributed by atoms with Gasteiger partial charge in [-0.25, -0.2) is 0 Å². The standard InChI is InChI=1S/C13H18BrNO4/c1-8(16)7-15(2)13(17)9-5-10(18-3)12(14)11(6-9)19-4/h5-6,8,16H,7H2,1-4H3. The molecule has 1 aromatic carbocycles. The van der Waals surface area contributed by atoms with Crippen LogP contribution in [0.1, 0.15) is 17.3 Å². The van der Waals surface area contributed by atoms with Gasteiger partial charge in [0.25, 0.3) is 5.91 Å². The Bertz CT molecular complexity index is 437. The third-order valence-corrected chi connectivity index (χ3v) is 3.36. The SMILES string of the molecule is COc1cc(C(=O)N(C)CC(C)O)cc(OC)c1Br. The van der Waals surface area contributed by atoms with Gasteiger partial charge >= 0.3 is 0 Å². The number of aliphatic hydroxyl groups is 1. The lowest BCUT2D eigenvalue weighted by atomic mass is 10.1. The summed E-state index contributed by atoms with van der Waals surface area (Å²) in [6.07, 6.45) is -0.576. The van der Waals surface area contributed by atoms with Crippen molar-refractivity contribution in [3.8, 4) is 11.5 Å². The Balaban J connectivity index is 3.09. The number of ether oxygens (including phenoxy) is 2. The Morgan fingerprint density at radius 3 is 2.21 bits per heavy atom. The van der Waals surface area contributed by atoms with Crippen LogP contribution in [0.3, 0.4) is 0 Å². The van der Waals surface area contributed by atoms with E-state index in [0.29, 0.717) is 21.5 Å². The molecule has 0 aliphatic rings. The highest BCUT2D eigenvalue weighted by atomic mass is 79.9. The molecule has 0 heterocycles. The lowest BCUT2D eigenvalue weighted by molar-refractivity contribution is 0.0703. The molecule has 0 aliphatic heterocycles. The van der Waals surface area contributed by atoms with Gasteiger partial charge in [-0.3, -0.25) is 4.79 Å². The van der Waals surface area contributed by atoms with Gasteiger partial charge < -0.3 is 19.5 Å². The first-order chi connectivity index (χ1) is 8.90. The molecule has 0 radical (unpaired) electrons. The van der Waals surface area contributed by atoms with Gasteiger partial charge in [0, 0.05) is 19.2 Å². The van der Waals surface area contributed by atoms with Crippen molar-refractivity contribution in [1.29, 1.82) is 0 Å². The number of halogens is 1. The highest BCUT2D eigenvalue weighted by molar-refractivity contribution is 9.10. The zero-order chi connectivity index (χ0) is 14.6. The number of amides is 1. The second kappa shape index (κ2) is 6.77. The number of carbonyl (C=O) groups is 1. The molecule has 106 valence electrons. The topological polar surface area (TPSA) is 59.0 Å². The molecular weight excluding hydrogens is 314 g/mol. The van der Waals surface area contributed by atoms with Gasteiger partial charge in [-0.2, -0.15) is 0 Å². The second-order valence-corrected chi connectivity index (χ2v) is 5.02. The van der Waals surface area contributed by atoms with E-state index in [0.717, 1.165) is 0 Å². The van der Waals surface area contributed by atoms with E-state index in [1.807, 2.05) is 0 Å². The third-order valence-electron chi connectivity index (χ3n) is 2.58. The quantitative estimate of drug-likeness (QED) is 0.895. The van der Waals surface area contributed by atoms with Crippen LogP contribution in [-0.4, -0.2) is 49.8 Å². The lowest BCUT2D eigenvalue weighted by Gasteiger charge is -2.20. The van der Waals surface area contributed by atoms with Gasteiger partial charge in [-0.1, -0.05) is 0 Å². The zero-order valence-corrected chi connectivity index (χ0v) is 13.0. The molecule has 6 heteroatoms. The minimum atomic E-state index is -0.576. The molecular formula is C13H18BrNO4. The number of benzene rings is 1. The third kappa shape index (κ3) is 3.84. The average molecular weight is 332 g/mol. The van der Waals surface area contributed by atoms with Crippen LogP contribution in [0.25, 0.3) is 0 Å². The number of rotatable bonds is 5. The summed E-state index contributed by atoms with van der Waals surface area (Å²) in [5.74, 6) is 0.839. The van der Waals surface area contributed by atoms with Crippen molar-refractivity contribution < 1.29 is 19.4 Å². The molecule has 0 aliphatic carbocycles. The predicted molar refractivity (Wildman–Crippen MR) is 75.9 cm³/mol. The molecule has 0 bridgehead atoms. The van der Waals surface area contributed by atoms with Gasteiger partial charge in [0.2, 0.25) is 0 Å². The second-order valence-electron chi connectivity index (χ2n) is 4.23. The predicted octanol–water partition coefficient (Wildman–Crippen LogP) is 1.92. The fourth-order valence-electron chi connectivity index (χ4n) is 1.69. The van der Waals surface area contributed by atoms with E-state index in [4.69, 9.17) is 9.47 Å². The van der Waals surface area contributed by atoms with Crippen LogP contribution in [0, 0.1) is 0 Å². The number of hydrogen-bond donors (Lipinski definition) is 1. The largest absolute Gasteiger partial charge is 0.495 e. The van der Waals surface area contributed by atoms with Crippen molar-refractivity contribution in [2.45, 2.75) is 13.0 Å². The number of nitrogens with zero attached hydrogens (tertiary/aromatic N) is 1. The first-order valence-corrected chi connectivity index (χ1v) is 6.55. The highest BCUT2D eigenvalue weighted by Crippen LogP contribution is 2.35. The van der Waals surface area contributed by atoms with Crippen LogP contribution in [-0.2, 0) is 0 Å². The van der Waals surface area contributed by atoms with Crippen molar-refractivity contribution >= 4 is 21.8 Å². The van der Waals surface area contributed by atoms with Crippen LogP contribution in [0.2, 0.25) is 0 Å². The van der Waals surface area contributed by atoms with Crippen molar-refractivity contribution in [1.82, 2.24) is 4.90 Å². The van der Waals surface area contributed by atoms with Crippen molar-refractivity contribution in [2.75, 3.05) is 27.8 Å². The number of aliphatic hydroxyl groups excluding tert-OH is 1. The summed E-state index contributed by atoms with van der Waals surface area (Å²) in [5, 5.41) is 9.31. The van der Waals surface area contributed by atoms with Crippen LogP contribution < -0.4 is 9.47 Å². The van der Waals surface area contributed by atoms with Gasteiger partial charge in [0.05, 0.1) is 20.3 Å². The molecule has 5 nitrogen and oxygen atoms in total. The molecule has 1 amide bonds. The van der Waals surface area contributed by atoms with E-state index in [1.54, 1.807) is 26.1 Å². The van der Waals surface area contributed by atoms with E-state index in [9.17, 15) is 9.90 Å². The number of methoxy groups -OCH3 is 2. The van der Waals surface area contributed by atoms with E-state index in [-0.39, 0.29) is 12.5 Å². The van der Waals surface area contributed by atoms with Crippen molar-refractivity contribution in [2.24, 2.45) is 0 Å². The maximum atomic E-state index is 12.2. The first-order valence-electron chi connectivity index (χ1n) is 5.75. The smallest absolute Gasteiger partial charge is 0.253 e. The van der Waals surface area contributed by atoms with Gasteiger partial charge in [-0.05, 0) is 35.0 Å². The normalized spacial score (nSPS) is 11.9. The van der Waals surface area contributed by atoms with Crippen LogP contribution >= 0.6 is 15.9 Å². The number of hydrogen-bond acceptors (Lipinski definition) is 4. The number of carbonyl (C=O) groups excluding carboxylic acids is 1. The van der Waals surface area contributed by atoms with Gasteiger partial charge in [0.15, 0.2) is 0 Å². The average Bonchev–Trinajstić information content (AvgIpc) is 2.37. The summed E-state index contributed by atoms with van der Waals surface area (Å²) in [6.45, 7) is 1.89. The van der Waals surface area contributed by atoms with E-state index in [1.165, 1.54) is 19.1 Å². The Kier molecular flexibility index (Phi) is 5.62. The maximum Gasteiger partial charge on any atom is 0.253 e. The monoisotopic (exact) mass is 331 g/mol. The fraction of sp³-hybridized carbons (Fsp3) is 0.462. The van der Waals surface area contributed by atoms with Crippen LogP contribution in [0.4, 0.5) is 0 Å². The zero-order valence-electron chi connectivity index (χ0n) is 11.4. The van der Waals surface area contributed by atoms with Gasteiger partial charge in [-0.15, -0.1) is 0 Å². The van der Waals surface area contributed by atoms with Crippen molar-refractivity contribution in [3.05, 3.63) is 22.2 Å². The summed E-state index contributed by atoms with van der Waals surface area (Å²) >= 11 is 3.35. The molecule has 0 saturated carbocycles. The minimum Gasteiger partial charge on any atom is -0.495 e. The molecule has 0 saturated heterocycles. The molecule has 0 aromatic heterocycles. The summed E-state index contributed by atoms with van der Waals surface area (Å²) in [7, 11) is 4.68. The minimum absolute atomic E-state index is 0.204. The molecule has 0 spiro atoms. The Labute approximate surface area is 121 Å². The van der Waals surface area contributed by atoms with E-state index < -0.39 is 6.10 Å². The highest BCUT2D eigenvalue weighted by Gasteiger charge is 2.18. The van der Waals surface area contributed by atoms with Gasteiger partial charge in [0.1, 0.15) is 16.0 Å². The van der Waals surface area contributed by atoms with Crippen molar-refractivity contribution in [3.63, 3.8) is 0 Å². The fourth-order valence-corrected chi connectivity index (χ4v) is 2.25. The Morgan fingerprint density at radius 2 is 1.84 bits per heavy atom. The molecule has 0 fully saturated rings. The lowest BCUT2D eigenvalue weighted by Crippen LogP contribution is -2.33. The maximum absolute atomic E-state index is 12.2.